The Bertz CT molecular complexity index is 721. The van der Waals surface area contributed by atoms with Crippen LogP contribution >= 0.6 is 11.6 Å². The molecule has 2 aromatic carbocycles. The van der Waals surface area contributed by atoms with Crippen LogP contribution < -0.4 is 0 Å². The van der Waals surface area contributed by atoms with Gasteiger partial charge in [0.15, 0.2) is 0 Å². The zero-order valence-electron chi connectivity index (χ0n) is 12.5. The second kappa shape index (κ2) is 6.01. The van der Waals surface area contributed by atoms with Crippen molar-refractivity contribution in [3.05, 3.63) is 52.5 Å². The molecule has 22 heavy (non-hydrogen) atoms. The van der Waals surface area contributed by atoms with E-state index in [2.05, 4.69) is 0 Å². The number of rotatable bonds is 2. The molecule has 1 saturated heterocycles. The molecule has 1 amide bonds. The van der Waals surface area contributed by atoms with Crippen LogP contribution in [0.4, 0.5) is 0 Å². The molecule has 1 aliphatic heterocycles. The quantitative estimate of drug-likeness (QED) is 0.899. The minimum Gasteiger partial charge on any atom is -0.507 e. The van der Waals surface area contributed by atoms with Crippen molar-refractivity contribution in [1.29, 1.82) is 0 Å². The summed E-state index contributed by atoms with van der Waals surface area (Å²) in [6.45, 7) is 3.61. The van der Waals surface area contributed by atoms with Gasteiger partial charge in [-0.3, -0.25) is 4.79 Å². The first-order chi connectivity index (χ1) is 10.6. The third-order valence-electron chi connectivity index (χ3n) is 4.12. The summed E-state index contributed by atoms with van der Waals surface area (Å²) < 4.78 is 0. The van der Waals surface area contributed by atoms with Crippen molar-refractivity contribution in [3.8, 4) is 16.9 Å². The molecule has 1 N–H and O–H groups in total. The first-order valence-electron chi connectivity index (χ1n) is 7.45. The Kier molecular flexibility index (Phi) is 4.08. The van der Waals surface area contributed by atoms with Crippen LogP contribution in [0.1, 0.15) is 28.8 Å². The monoisotopic (exact) mass is 315 g/mol. The molecule has 4 heteroatoms. The number of amides is 1. The van der Waals surface area contributed by atoms with Gasteiger partial charge >= 0.3 is 0 Å². The molecule has 1 fully saturated rings. The van der Waals surface area contributed by atoms with Gasteiger partial charge in [-0.2, -0.15) is 0 Å². The number of carbonyl (C=O) groups excluding carboxylic acids is 1. The highest BCUT2D eigenvalue weighted by molar-refractivity contribution is 6.31. The van der Waals surface area contributed by atoms with Crippen molar-refractivity contribution in [2.75, 3.05) is 13.1 Å². The smallest absolute Gasteiger partial charge is 0.254 e. The van der Waals surface area contributed by atoms with Gasteiger partial charge in [0, 0.05) is 29.2 Å². The molecule has 3 nitrogen and oxygen atoms in total. The largest absolute Gasteiger partial charge is 0.507 e. The normalized spacial score (nSPS) is 14.4. The maximum absolute atomic E-state index is 12.5. The number of aromatic hydroxyl groups is 1. The number of hydrogen-bond donors (Lipinski definition) is 1. The van der Waals surface area contributed by atoms with E-state index in [0.717, 1.165) is 42.6 Å². The van der Waals surface area contributed by atoms with Crippen LogP contribution in [0.5, 0.6) is 5.75 Å². The summed E-state index contributed by atoms with van der Waals surface area (Å²) in [4.78, 5) is 14.4. The molecule has 1 aliphatic rings. The lowest BCUT2D eigenvalue weighted by Crippen LogP contribution is -2.28. The molecule has 0 saturated carbocycles. The fourth-order valence-corrected chi connectivity index (χ4v) is 3.07. The van der Waals surface area contributed by atoms with Gasteiger partial charge in [0.25, 0.3) is 5.91 Å². The fourth-order valence-electron chi connectivity index (χ4n) is 2.90. The number of phenolic OH excluding ortho intramolecular Hbond substituents is 1. The molecule has 0 bridgehead atoms. The second-order valence-electron chi connectivity index (χ2n) is 5.69. The Labute approximate surface area is 135 Å². The molecular weight excluding hydrogens is 298 g/mol. The van der Waals surface area contributed by atoms with Crippen LogP contribution in [-0.2, 0) is 0 Å². The second-order valence-corrected chi connectivity index (χ2v) is 6.13. The lowest BCUT2D eigenvalue weighted by Gasteiger charge is -2.17. The minimum absolute atomic E-state index is 0.0943. The predicted molar refractivity (Wildman–Crippen MR) is 88.4 cm³/mol. The van der Waals surface area contributed by atoms with E-state index in [9.17, 15) is 9.90 Å². The lowest BCUT2D eigenvalue weighted by molar-refractivity contribution is 0.0792. The third-order valence-corrected chi connectivity index (χ3v) is 4.35. The van der Waals surface area contributed by atoms with E-state index in [0.29, 0.717) is 10.6 Å². The number of aryl methyl sites for hydroxylation is 1. The SMILES string of the molecule is Cc1cc(-c2cc(Cl)ccc2O)ccc1C(=O)N1CCCC1. The van der Waals surface area contributed by atoms with Crippen molar-refractivity contribution < 1.29 is 9.90 Å². The maximum atomic E-state index is 12.5. The number of benzene rings is 2. The molecular formula is C18H18ClNO2. The zero-order chi connectivity index (χ0) is 15.7. The Morgan fingerprint density at radius 3 is 2.55 bits per heavy atom. The number of likely N-dealkylation sites (tertiary alicyclic amines) is 1. The highest BCUT2D eigenvalue weighted by Crippen LogP contribution is 2.33. The lowest BCUT2D eigenvalue weighted by atomic mass is 9.98. The average molecular weight is 316 g/mol. The standard InChI is InChI=1S/C18H18ClNO2/c1-12-10-13(16-11-14(19)5-7-17(16)21)4-6-15(12)18(22)20-8-2-3-9-20/h4-7,10-11,21H,2-3,8-9H2,1H3. The summed E-state index contributed by atoms with van der Waals surface area (Å²) in [5.41, 5.74) is 3.17. The van der Waals surface area contributed by atoms with Gasteiger partial charge < -0.3 is 10.0 Å². The Balaban J connectivity index is 1.95. The molecule has 0 spiro atoms. The molecule has 0 aromatic heterocycles. The molecule has 114 valence electrons. The molecule has 0 unspecified atom stereocenters. The highest BCUT2D eigenvalue weighted by atomic mass is 35.5. The molecule has 2 aromatic rings. The fraction of sp³-hybridized carbons (Fsp3) is 0.278. The van der Waals surface area contributed by atoms with Crippen LogP contribution in [0.3, 0.4) is 0 Å². The van der Waals surface area contributed by atoms with E-state index in [1.807, 2.05) is 30.0 Å². The Morgan fingerprint density at radius 1 is 1.14 bits per heavy atom. The van der Waals surface area contributed by atoms with E-state index in [1.165, 1.54) is 0 Å². The number of carbonyl (C=O) groups is 1. The van der Waals surface area contributed by atoms with Crippen LogP contribution in [-0.4, -0.2) is 29.0 Å². The van der Waals surface area contributed by atoms with Gasteiger partial charge in [-0.1, -0.05) is 23.7 Å². The van der Waals surface area contributed by atoms with Crippen LogP contribution in [0.15, 0.2) is 36.4 Å². The highest BCUT2D eigenvalue weighted by Gasteiger charge is 2.21. The van der Waals surface area contributed by atoms with E-state index < -0.39 is 0 Å². The minimum atomic E-state index is 0.0943. The van der Waals surface area contributed by atoms with E-state index in [-0.39, 0.29) is 11.7 Å². The van der Waals surface area contributed by atoms with Crippen molar-refractivity contribution >= 4 is 17.5 Å². The van der Waals surface area contributed by atoms with E-state index in [1.54, 1.807) is 18.2 Å². The first kappa shape index (κ1) is 14.9. The summed E-state index contributed by atoms with van der Waals surface area (Å²) >= 11 is 6.00. The topological polar surface area (TPSA) is 40.5 Å². The van der Waals surface area contributed by atoms with Crippen molar-refractivity contribution in [2.24, 2.45) is 0 Å². The molecule has 0 aliphatic carbocycles. The summed E-state index contributed by atoms with van der Waals surface area (Å²) in [6.07, 6.45) is 2.17. The third kappa shape index (κ3) is 2.81. The van der Waals surface area contributed by atoms with Crippen molar-refractivity contribution in [1.82, 2.24) is 4.90 Å². The number of halogens is 1. The maximum Gasteiger partial charge on any atom is 0.254 e. The number of phenols is 1. The first-order valence-corrected chi connectivity index (χ1v) is 7.83. The van der Waals surface area contributed by atoms with Crippen LogP contribution in [0.2, 0.25) is 5.02 Å². The van der Waals surface area contributed by atoms with Gasteiger partial charge in [0.2, 0.25) is 0 Å². The number of hydrogen-bond acceptors (Lipinski definition) is 2. The zero-order valence-corrected chi connectivity index (χ0v) is 13.2. The average Bonchev–Trinajstić information content (AvgIpc) is 3.03. The van der Waals surface area contributed by atoms with E-state index in [4.69, 9.17) is 11.6 Å². The predicted octanol–water partition coefficient (Wildman–Crippen LogP) is 4.26. The summed E-state index contributed by atoms with van der Waals surface area (Å²) in [6, 6.07) is 10.6. The molecule has 0 atom stereocenters. The van der Waals surface area contributed by atoms with Gasteiger partial charge in [-0.05, 0) is 55.2 Å². The van der Waals surface area contributed by atoms with Gasteiger partial charge in [0.05, 0.1) is 0 Å². The van der Waals surface area contributed by atoms with Crippen molar-refractivity contribution in [2.45, 2.75) is 19.8 Å². The molecule has 1 heterocycles. The van der Waals surface area contributed by atoms with E-state index >= 15 is 0 Å². The summed E-state index contributed by atoms with van der Waals surface area (Å²) in [5.74, 6) is 0.277. The number of nitrogens with zero attached hydrogens (tertiary/aromatic N) is 1. The molecule has 3 rings (SSSR count). The Hall–Kier alpha value is -2.00. The summed E-state index contributed by atoms with van der Waals surface area (Å²) in [7, 11) is 0. The van der Waals surface area contributed by atoms with Gasteiger partial charge in [0.1, 0.15) is 5.75 Å². The van der Waals surface area contributed by atoms with Crippen molar-refractivity contribution in [3.63, 3.8) is 0 Å². The van der Waals surface area contributed by atoms with Gasteiger partial charge in [-0.25, -0.2) is 0 Å². The molecule has 0 radical (unpaired) electrons. The van der Waals surface area contributed by atoms with Crippen LogP contribution in [0, 0.1) is 6.92 Å². The van der Waals surface area contributed by atoms with Crippen LogP contribution in [0.25, 0.3) is 11.1 Å². The van der Waals surface area contributed by atoms with Gasteiger partial charge in [-0.15, -0.1) is 0 Å². The summed E-state index contributed by atoms with van der Waals surface area (Å²) in [5, 5.41) is 10.6. The Morgan fingerprint density at radius 2 is 1.86 bits per heavy atom.